The lowest BCUT2D eigenvalue weighted by molar-refractivity contribution is -0.141. The van der Waals surface area contributed by atoms with Gasteiger partial charge in [0.2, 0.25) is 15.7 Å². The van der Waals surface area contributed by atoms with Crippen LogP contribution in [0.25, 0.3) is 10.9 Å². The highest BCUT2D eigenvalue weighted by atomic mass is 32.2. The average molecular weight is 404 g/mol. The SMILES string of the molecule is COC(=O)CNC(=O)Cn1cc(S(=O)(=O)c2ccc(F)cc2)c2ccccc21. The zero-order valence-electron chi connectivity index (χ0n) is 14.9. The minimum Gasteiger partial charge on any atom is -0.468 e. The summed E-state index contributed by atoms with van der Waals surface area (Å²) in [6, 6.07) is 11.3. The van der Waals surface area contributed by atoms with Gasteiger partial charge in [0.25, 0.3) is 0 Å². The highest BCUT2D eigenvalue weighted by Gasteiger charge is 2.24. The van der Waals surface area contributed by atoms with Gasteiger partial charge in [0.15, 0.2) is 0 Å². The number of hydrogen-bond donors (Lipinski definition) is 1. The maximum absolute atomic E-state index is 13.2. The van der Waals surface area contributed by atoms with Gasteiger partial charge in [0.1, 0.15) is 18.9 Å². The average Bonchev–Trinajstić information content (AvgIpc) is 3.06. The van der Waals surface area contributed by atoms with Gasteiger partial charge in [0.05, 0.1) is 16.9 Å². The molecule has 1 amide bonds. The summed E-state index contributed by atoms with van der Waals surface area (Å²) < 4.78 is 45.1. The molecule has 0 radical (unpaired) electrons. The third-order valence-corrected chi connectivity index (χ3v) is 5.93. The van der Waals surface area contributed by atoms with Crippen LogP contribution in [0.15, 0.2) is 64.5 Å². The Morgan fingerprint density at radius 3 is 2.46 bits per heavy atom. The van der Waals surface area contributed by atoms with Crippen LogP contribution in [-0.2, 0) is 30.7 Å². The van der Waals surface area contributed by atoms with Crippen LogP contribution in [-0.4, -0.2) is 38.5 Å². The molecule has 28 heavy (non-hydrogen) atoms. The summed E-state index contributed by atoms with van der Waals surface area (Å²) in [6.45, 7) is -0.467. The quantitative estimate of drug-likeness (QED) is 0.500. The van der Waals surface area contributed by atoms with Crippen molar-refractivity contribution in [1.29, 1.82) is 0 Å². The number of nitrogens with zero attached hydrogens (tertiary/aromatic N) is 1. The monoisotopic (exact) mass is 404 g/mol. The van der Waals surface area contributed by atoms with Crippen LogP contribution < -0.4 is 5.32 Å². The summed E-state index contributed by atoms with van der Waals surface area (Å²) in [6.07, 6.45) is 1.36. The van der Waals surface area contributed by atoms with E-state index in [4.69, 9.17) is 0 Å². The zero-order chi connectivity index (χ0) is 20.3. The molecule has 7 nitrogen and oxygen atoms in total. The van der Waals surface area contributed by atoms with Crippen LogP contribution in [0, 0.1) is 5.82 Å². The molecule has 0 fully saturated rings. The van der Waals surface area contributed by atoms with Crippen molar-refractivity contribution in [1.82, 2.24) is 9.88 Å². The predicted molar refractivity (Wildman–Crippen MR) is 98.8 cm³/mol. The van der Waals surface area contributed by atoms with Crippen LogP contribution in [0.5, 0.6) is 0 Å². The summed E-state index contributed by atoms with van der Waals surface area (Å²) in [5.41, 5.74) is 0.538. The summed E-state index contributed by atoms with van der Waals surface area (Å²) in [4.78, 5) is 23.2. The Bertz CT molecular complexity index is 1140. The fourth-order valence-corrected chi connectivity index (χ4v) is 4.23. The van der Waals surface area contributed by atoms with Crippen molar-refractivity contribution in [3.05, 3.63) is 60.5 Å². The van der Waals surface area contributed by atoms with E-state index in [1.165, 1.54) is 30.0 Å². The highest BCUT2D eigenvalue weighted by Crippen LogP contribution is 2.30. The second kappa shape index (κ2) is 7.81. The Kier molecular flexibility index (Phi) is 5.46. The van der Waals surface area contributed by atoms with Gasteiger partial charge < -0.3 is 14.6 Å². The molecule has 0 unspecified atom stereocenters. The first kappa shape index (κ1) is 19.6. The Morgan fingerprint density at radius 1 is 1.11 bits per heavy atom. The van der Waals surface area contributed by atoms with E-state index in [1.54, 1.807) is 24.3 Å². The molecule has 0 saturated carbocycles. The molecule has 1 aromatic heterocycles. The van der Waals surface area contributed by atoms with E-state index in [0.717, 1.165) is 12.1 Å². The molecular weight excluding hydrogens is 387 g/mol. The minimum atomic E-state index is -3.92. The predicted octanol–water partition coefficient (Wildman–Crippen LogP) is 1.90. The number of ether oxygens (including phenoxy) is 1. The largest absolute Gasteiger partial charge is 0.468 e. The van der Waals surface area contributed by atoms with E-state index in [9.17, 15) is 22.4 Å². The Balaban J connectivity index is 1.98. The number of fused-ring (bicyclic) bond motifs is 1. The van der Waals surface area contributed by atoms with Crippen LogP contribution in [0.3, 0.4) is 0 Å². The van der Waals surface area contributed by atoms with E-state index < -0.39 is 27.5 Å². The van der Waals surface area contributed by atoms with Gasteiger partial charge in [-0.25, -0.2) is 12.8 Å². The molecule has 2 aromatic carbocycles. The number of hydrogen-bond acceptors (Lipinski definition) is 5. The van der Waals surface area contributed by atoms with E-state index in [1.807, 2.05) is 0 Å². The normalized spacial score (nSPS) is 11.4. The molecule has 0 spiro atoms. The number of esters is 1. The fraction of sp³-hybridized carbons (Fsp3) is 0.158. The molecule has 9 heteroatoms. The van der Waals surface area contributed by atoms with Gasteiger partial charge in [-0.1, -0.05) is 18.2 Å². The van der Waals surface area contributed by atoms with Gasteiger partial charge in [-0.2, -0.15) is 0 Å². The molecule has 1 N–H and O–H groups in total. The van der Waals surface area contributed by atoms with Crippen LogP contribution in [0.1, 0.15) is 0 Å². The Hall–Kier alpha value is -3.20. The molecular formula is C19H17FN2O5S. The van der Waals surface area contributed by atoms with Gasteiger partial charge in [-0.3, -0.25) is 9.59 Å². The fourth-order valence-electron chi connectivity index (χ4n) is 2.75. The number of para-hydroxylation sites is 1. The Labute approximate surface area is 160 Å². The summed E-state index contributed by atoms with van der Waals surface area (Å²) in [5, 5.41) is 2.84. The van der Waals surface area contributed by atoms with Crippen molar-refractivity contribution >= 4 is 32.6 Å². The number of carbonyl (C=O) groups excluding carboxylic acids is 2. The van der Waals surface area contributed by atoms with Crippen molar-refractivity contribution < 1.29 is 27.1 Å². The molecule has 0 aliphatic rings. The summed E-state index contributed by atoms with van der Waals surface area (Å²) in [5.74, 6) is -1.61. The van der Waals surface area contributed by atoms with Crippen LogP contribution >= 0.6 is 0 Å². The van der Waals surface area contributed by atoms with Crippen molar-refractivity contribution in [2.45, 2.75) is 16.3 Å². The standard InChI is InChI=1S/C19H17FN2O5S/c1-27-19(24)10-21-18(23)12-22-11-17(15-4-2-3-5-16(15)22)28(25,26)14-8-6-13(20)7-9-14/h2-9,11H,10,12H2,1H3,(H,21,23). The van der Waals surface area contributed by atoms with Crippen molar-refractivity contribution in [2.75, 3.05) is 13.7 Å². The Morgan fingerprint density at radius 2 is 1.79 bits per heavy atom. The maximum Gasteiger partial charge on any atom is 0.325 e. The number of halogens is 1. The lowest BCUT2D eigenvalue weighted by atomic mass is 10.2. The topological polar surface area (TPSA) is 94.5 Å². The number of benzene rings is 2. The van der Waals surface area contributed by atoms with E-state index in [2.05, 4.69) is 10.1 Å². The molecule has 0 atom stereocenters. The van der Waals surface area contributed by atoms with Gasteiger partial charge in [-0.15, -0.1) is 0 Å². The first-order chi connectivity index (χ1) is 13.3. The summed E-state index contributed by atoms with van der Waals surface area (Å²) >= 11 is 0. The zero-order valence-corrected chi connectivity index (χ0v) is 15.7. The summed E-state index contributed by atoms with van der Waals surface area (Å²) in [7, 11) is -2.71. The van der Waals surface area contributed by atoms with E-state index in [-0.39, 0.29) is 22.9 Å². The van der Waals surface area contributed by atoms with Crippen LogP contribution in [0.2, 0.25) is 0 Å². The third kappa shape index (κ3) is 3.89. The van der Waals surface area contributed by atoms with Crippen molar-refractivity contribution in [3.63, 3.8) is 0 Å². The lowest BCUT2D eigenvalue weighted by Crippen LogP contribution is -2.32. The second-order valence-corrected chi connectivity index (χ2v) is 7.87. The minimum absolute atomic E-state index is 0.00970. The maximum atomic E-state index is 13.2. The van der Waals surface area contributed by atoms with E-state index in [0.29, 0.717) is 10.9 Å². The number of aromatic nitrogens is 1. The van der Waals surface area contributed by atoms with Gasteiger partial charge in [-0.05, 0) is 30.3 Å². The highest BCUT2D eigenvalue weighted by molar-refractivity contribution is 7.91. The molecule has 146 valence electrons. The number of sulfone groups is 1. The number of rotatable bonds is 6. The first-order valence-corrected chi connectivity index (χ1v) is 9.73. The number of carbonyl (C=O) groups is 2. The smallest absolute Gasteiger partial charge is 0.325 e. The number of amides is 1. The molecule has 3 aromatic rings. The number of nitrogens with one attached hydrogen (secondary N) is 1. The third-order valence-electron chi connectivity index (χ3n) is 4.14. The first-order valence-electron chi connectivity index (χ1n) is 8.25. The van der Waals surface area contributed by atoms with Crippen molar-refractivity contribution in [2.24, 2.45) is 0 Å². The second-order valence-electron chi connectivity index (χ2n) is 5.95. The number of methoxy groups -OCH3 is 1. The molecule has 0 bridgehead atoms. The van der Waals surface area contributed by atoms with E-state index >= 15 is 0 Å². The lowest BCUT2D eigenvalue weighted by Gasteiger charge is -2.06. The molecule has 3 rings (SSSR count). The van der Waals surface area contributed by atoms with Crippen molar-refractivity contribution in [3.8, 4) is 0 Å². The van der Waals surface area contributed by atoms with Gasteiger partial charge >= 0.3 is 5.97 Å². The molecule has 1 heterocycles. The molecule has 0 saturated heterocycles. The van der Waals surface area contributed by atoms with Crippen LogP contribution in [0.4, 0.5) is 4.39 Å². The van der Waals surface area contributed by atoms with Gasteiger partial charge in [0, 0.05) is 17.1 Å². The molecule has 0 aliphatic heterocycles. The molecule has 0 aliphatic carbocycles.